The lowest BCUT2D eigenvalue weighted by Gasteiger charge is -2.20. The van der Waals surface area contributed by atoms with Gasteiger partial charge in [-0.15, -0.1) is 22.7 Å². The molecule has 1 aliphatic heterocycles. The van der Waals surface area contributed by atoms with E-state index in [0.717, 1.165) is 35.1 Å². The van der Waals surface area contributed by atoms with Crippen molar-refractivity contribution in [2.24, 2.45) is 0 Å². The molecular weight excluding hydrogens is 392 g/mol. The van der Waals surface area contributed by atoms with Gasteiger partial charge < -0.3 is 10.2 Å². The average molecular weight is 415 g/mol. The fourth-order valence-electron chi connectivity index (χ4n) is 3.25. The van der Waals surface area contributed by atoms with E-state index in [1.54, 1.807) is 23.6 Å². The fraction of sp³-hybridized carbons (Fsp3) is 0.368. The second kappa shape index (κ2) is 8.44. The van der Waals surface area contributed by atoms with Crippen LogP contribution in [-0.4, -0.2) is 70.4 Å². The zero-order valence-corrected chi connectivity index (χ0v) is 17.5. The molecule has 4 rings (SSSR count). The van der Waals surface area contributed by atoms with Gasteiger partial charge in [-0.25, -0.2) is 15.0 Å². The smallest absolute Gasteiger partial charge is 0.239 e. The largest absolute Gasteiger partial charge is 0.309 e. The van der Waals surface area contributed by atoms with Crippen LogP contribution in [0, 0.1) is 0 Å². The number of thiazole rings is 1. The van der Waals surface area contributed by atoms with Crippen molar-refractivity contribution in [2.75, 3.05) is 39.0 Å². The highest BCUT2D eigenvalue weighted by atomic mass is 32.1. The standard InChI is InChI=1S/C19H22N6OS2/c1-24(2)13-5-7-25(11-13)12-17(26)22-16-10-14(19-20-6-9-28-19)21-18(23-16)15-4-3-8-27-15/h3-4,6,8-10,13H,5,7,11-12H2,1-2H3,(H,21,22,23,26). The molecule has 0 aliphatic carbocycles. The minimum atomic E-state index is -0.0553. The summed E-state index contributed by atoms with van der Waals surface area (Å²) in [4.78, 5) is 31.5. The van der Waals surface area contributed by atoms with Crippen LogP contribution in [-0.2, 0) is 4.79 Å². The lowest BCUT2D eigenvalue weighted by Crippen LogP contribution is -2.35. The number of amides is 1. The van der Waals surface area contributed by atoms with Gasteiger partial charge in [0, 0.05) is 36.8 Å². The number of anilines is 1. The highest BCUT2D eigenvalue weighted by Gasteiger charge is 2.25. The second-order valence-corrected chi connectivity index (χ2v) is 8.81. The molecular formula is C19H22N6OS2. The van der Waals surface area contributed by atoms with Crippen LogP contribution in [0.5, 0.6) is 0 Å². The summed E-state index contributed by atoms with van der Waals surface area (Å²) in [6.45, 7) is 2.22. The number of hydrogen-bond donors (Lipinski definition) is 1. The Hall–Kier alpha value is -2.20. The van der Waals surface area contributed by atoms with Crippen LogP contribution in [0.3, 0.4) is 0 Å². The number of hydrogen-bond acceptors (Lipinski definition) is 8. The van der Waals surface area contributed by atoms with Crippen LogP contribution in [0.4, 0.5) is 5.82 Å². The first-order valence-corrected chi connectivity index (χ1v) is 10.9. The predicted molar refractivity (Wildman–Crippen MR) is 114 cm³/mol. The minimum Gasteiger partial charge on any atom is -0.309 e. The summed E-state index contributed by atoms with van der Waals surface area (Å²) in [6.07, 6.45) is 2.84. The molecule has 1 fully saturated rings. The Balaban J connectivity index is 1.51. The SMILES string of the molecule is CN(C)C1CCN(CC(=O)Nc2cc(-c3nccs3)nc(-c3cccs3)n2)C1. The van der Waals surface area contributed by atoms with Crippen molar-refractivity contribution in [2.45, 2.75) is 12.5 Å². The second-order valence-electron chi connectivity index (χ2n) is 6.97. The van der Waals surface area contributed by atoms with E-state index in [2.05, 4.69) is 44.2 Å². The fourth-order valence-corrected chi connectivity index (χ4v) is 4.50. The van der Waals surface area contributed by atoms with Gasteiger partial charge >= 0.3 is 0 Å². The van der Waals surface area contributed by atoms with E-state index in [4.69, 9.17) is 0 Å². The zero-order valence-electron chi connectivity index (χ0n) is 15.8. The first-order valence-electron chi connectivity index (χ1n) is 9.10. The van der Waals surface area contributed by atoms with Crippen LogP contribution in [0.15, 0.2) is 35.2 Å². The Kier molecular flexibility index (Phi) is 5.77. The summed E-state index contributed by atoms with van der Waals surface area (Å²) in [5, 5.41) is 7.66. The normalized spacial score (nSPS) is 17.3. The van der Waals surface area contributed by atoms with Gasteiger partial charge in [0.15, 0.2) is 5.82 Å². The summed E-state index contributed by atoms with van der Waals surface area (Å²) in [7, 11) is 4.17. The lowest BCUT2D eigenvalue weighted by atomic mass is 10.2. The third-order valence-electron chi connectivity index (χ3n) is 4.73. The van der Waals surface area contributed by atoms with Gasteiger partial charge in [-0.2, -0.15) is 0 Å². The van der Waals surface area contributed by atoms with Crippen molar-refractivity contribution in [3.8, 4) is 21.4 Å². The number of likely N-dealkylation sites (tertiary alicyclic amines) is 1. The molecule has 1 N–H and O–H groups in total. The summed E-state index contributed by atoms with van der Waals surface area (Å²) in [6, 6.07) is 6.24. The minimum absolute atomic E-state index is 0.0553. The Morgan fingerprint density at radius 2 is 2.21 bits per heavy atom. The van der Waals surface area contributed by atoms with Gasteiger partial charge in [0.1, 0.15) is 16.5 Å². The lowest BCUT2D eigenvalue weighted by molar-refractivity contribution is -0.117. The number of rotatable bonds is 6. The van der Waals surface area contributed by atoms with Gasteiger partial charge in [0.2, 0.25) is 5.91 Å². The molecule has 7 nitrogen and oxygen atoms in total. The average Bonchev–Trinajstić information content (AvgIpc) is 3.43. The van der Waals surface area contributed by atoms with Gasteiger partial charge in [-0.1, -0.05) is 6.07 Å². The Morgan fingerprint density at radius 3 is 2.89 bits per heavy atom. The molecule has 146 valence electrons. The molecule has 0 saturated carbocycles. The number of nitrogens with zero attached hydrogens (tertiary/aromatic N) is 5. The van der Waals surface area contributed by atoms with Crippen LogP contribution < -0.4 is 5.32 Å². The zero-order chi connectivity index (χ0) is 19.5. The third kappa shape index (κ3) is 4.44. The van der Waals surface area contributed by atoms with Crippen molar-refractivity contribution in [1.82, 2.24) is 24.8 Å². The summed E-state index contributed by atoms with van der Waals surface area (Å²) in [5.74, 6) is 1.06. The Morgan fingerprint density at radius 1 is 1.32 bits per heavy atom. The molecule has 0 bridgehead atoms. The molecule has 9 heteroatoms. The highest BCUT2D eigenvalue weighted by Crippen LogP contribution is 2.28. The summed E-state index contributed by atoms with van der Waals surface area (Å²) >= 11 is 3.09. The molecule has 1 saturated heterocycles. The monoisotopic (exact) mass is 414 g/mol. The maximum absolute atomic E-state index is 12.6. The molecule has 3 aromatic heterocycles. The number of aromatic nitrogens is 3. The Bertz CT molecular complexity index is 874. The molecule has 1 amide bonds. The number of likely N-dealkylation sites (N-methyl/N-ethyl adjacent to an activating group) is 1. The van der Waals surface area contributed by atoms with E-state index in [9.17, 15) is 4.79 Å². The molecule has 1 aliphatic rings. The number of carbonyl (C=O) groups is 1. The van der Waals surface area contributed by atoms with E-state index >= 15 is 0 Å². The predicted octanol–water partition coefficient (Wildman–Crippen LogP) is 2.90. The van der Waals surface area contributed by atoms with Crippen LogP contribution in [0.25, 0.3) is 21.4 Å². The molecule has 1 unspecified atom stereocenters. The molecule has 0 aromatic carbocycles. The molecule has 0 radical (unpaired) electrons. The van der Waals surface area contributed by atoms with Gasteiger partial charge in [0.05, 0.1) is 11.4 Å². The molecule has 3 aromatic rings. The summed E-state index contributed by atoms with van der Waals surface area (Å²) in [5.41, 5.74) is 0.720. The van der Waals surface area contributed by atoms with Crippen LogP contribution in [0.2, 0.25) is 0 Å². The molecule has 1 atom stereocenters. The van der Waals surface area contributed by atoms with Gasteiger partial charge in [0.25, 0.3) is 0 Å². The van der Waals surface area contributed by atoms with Crippen molar-refractivity contribution < 1.29 is 4.79 Å². The first kappa shape index (κ1) is 19.1. The number of carbonyl (C=O) groups excluding carboxylic acids is 1. The van der Waals surface area contributed by atoms with E-state index in [0.29, 0.717) is 24.2 Å². The van der Waals surface area contributed by atoms with Crippen molar-refractivity contribution >= 4 is 34.4 Å². The third-order valence-corrected chi connectivity index (χ3v) is 6.39. The molecule has 28 heavy (non-hydrogen) atoms. The van der Waals surface area contributed by atoms with Gasteiger partial charge in [-0.05, 0) is 32.0 Å². The maximum Gasteiger partial charge on any atom is 0.239 e. The molecule has 0 spiro atoms. The van der Waals surface area contributed by atoms with Crippen LogP contribution in [0.1, 0.15) is 6.42 Å². The molecule has 4 heterocycles. The van der Waals surface area contributed by atoms with E-state index in [-0.39, 0.29) is 5.91 Å². The van der Waals surface area contributed by atoms with Crippen molar-refractivity contribution in [1.29, 1.82) is 0 Å². The van der Waals surface area contributed by atoms with Gasteiger partial charge in [-0.3, -0.25) is 9.69 Å². The van der Waals surface area contributed by atoms with E-state index < -0.39 is 0 Å². The maximum atomic E-state index is 12.6. The van der Waals surface area contributed by atoms with Crippen molar-refractivity contribution in [3.63, 3.8) is 0 Å². The quantitative estimate of drug-likeness (QED) is 0.669. The van der Waals surface area contributed by atoms with Crippen molar-refractivity contribution in [3.05, 3.63) is 35.2 Å². The summed E-state index contributed by atoms with van der Waals surface area (Å²) < 4.78 is 0. The highest BCUT2D eigenvalue weighted by molar-refractivity contribution is 7.13. The Labute approximate surface area is 172 Å². The number of nitrogens with one attached hydrogen (secondary N) is 1. The topological polar surface area (TPSA) is 74.2 Å². The van der Waals surface area contributed by atoms with E-state index in [1.165, 1.54) is 11.3 Å². The first-order chi connectivity index (χ1) is 13.6. The number of thiophene rings is 1. The van der Waals surface area contributed by atoms with E-state index in [1.807, 2.05) is 22.9 Å². The van der Waals surface area contributed by atoms with Crippen LogP contribution >= 0.6 is 22.7 Å².